The van der Waals surface area contributed by atoms with Crippen molar-refractivity contribution in [3.63, 3.8) is 0 Å². The average molecular weight is 437 g/mol. The summed E-state index contributed by atoms with van der Waals surface area (Å²) in [5, 5.41) is 7.14. The van der Waals surface area contributed by atoms with Crippen LogP contribution in [-0.2, 0) is 23.6 Å². The highest BCUT2D eigenvalue weighted by Crippen LogP contribution is 2.20. The van der Waals surface area contributed by atoms with Gasteiger partial charge in [-0.15, -0.1) is 11.3 Å². The molecule has 0 radical (unpaired) electrons. The number of benzene rings is 1. The Kier molecular flexibility index (Phi) is 8.50. The van der Waals surface area contributed by atoms with Crippen LogP contribution >= 0.6 is 34.9 Å². The van der Waals surface area contributed by atoms with Crippen molar-refractivity contribution in [1.29, 1.82) is 0 Å². The number of carbonyl (C=O) groups is 1. The number of aliphatic imine (C=N–C) groups is 1. The molecule has 0 fully saturated rings. The van der Waals surface area contributed by atoms with Gasteiger partial charge < -0.3 is 15.0 Å². The van der Waals surface area contributed by atoms with Crippen LogP contribution in [0.1, 0.15) is 16.3 Å². The van der Waals surface area contributed by atoms with Gasteiger partial charge >= 0.3 is 6.09 Å². The summed E-state index contributed by atoms with van der Waals surface area (Å²) in [6, 6.07) is 9.66. The van der Waals surface area contributed by atoms with Gasteiger partial charge in [-0.1, -0.05) is 42.1 Å². The van der Waals surface area contributed by atoms with Gasteiger partial charge in [0, 0.05) is 30.0 Å². The molecule has 3 rings (SSSR count). The Morgan fingerprint density at radius 3 is 3.04 bits per heavy atom. The first-order valence-corrected chi connectivity index (χ1v) is 12.3. The summed E-state index contributed by atoms with van der Waals surface area (Å²) in [6.07, 6.45) is 1.68. The van der Waals surface area contributed by atoms with E-state index in [2.05, 4.69) is 26.8 Å². The molecular weight excluding hydrogens is 412 g/mol. The topological polar surface area (TPSA) is 66.8 Å². The van der Waals surface area contributed by atoms with Crippen molar-refractivity contribution < 1.29 is 9.53 Å². The monoisotopic (exact) mass is 436 g/mol. The number of thiazole rings is 1. The van der Waals surface area contributed by atoms with Crippen molar-refractivity contribution in [2.24, 2.45) is 4.99 Å². The Hall–Kier alpha value is -1.71. The molecule has 0 unspecified atom stereocenters. The minimum Gasteiger partial charge on any atom is -0.445 e. The van der Waals surface area contributed by atoms with Crippen molar-refractivity contribution in [3.05, 3.63) is 52.0 Å². The predicted molar refractivity (Wildman–Crippen MR) is 119 cm³/mol. The van der Waals surface area contributed by atoms with Crippen LogP contribution in [0.25, 0.3) is 0 Å². The summed E-state index contributed by atoms with van der Waals surface area (Å²) in [6.45, 7) is 3.57. The number of amides is 1. The second kappa shape index (κ2) is 11.3. The predicted octanol–water partition coefficient (Wildman–Crippen LogP) is 3.84. The van der Waals surface area contributed by atoms with Crippen molar-refractivity contribution >= 4 is 46.1 Å². The Labute approximate surface area is 178 Å². The molecule has 150 valence electrons. The lowest BCUT2D eigenvalue weighted by Crippen LogP contribution is -2.26. The molecule has 1 aromatic carbocycles. The van der Waals surface area contributed by atoms with E-state index in [0.717, 1.165) is 52.6 Å². The fourth-order valence-electron chi connectivity index (χ4n) is 2.63. The number of carbonyl (C=O) groups excluding carboxylic acids is 1. The summed E-state index contributed by atoms with van der Waals surface area (Å²) >= 11 is 5.15. The molecule has 1 aliphatic rings. The van der Waals surface area contributed by atoms with E-state index in [1.165, 1.54) is 0 Å². The Balaban J connectivity index is 1.28. The van der Waals surface area contributed by atoms with Crippen LogP contribution < -0.4 is 5.32 Å². The normalized spacial score (nSPS) is 13.5. The zero-order valence-electron chi connectivity index (χ0n) is 15.8. The maximum absolute atomic E-state index is 11.7. The minimum absolute atomic E-state index is 0.293. The third-order valence-corrected chi connectivity index (χ3v) is 6.60. The summed E-state index contributed by atoms with van der Waals surface area (Å²) in [5.41, 5.74) is 2.08. The van der Waals surface area contributed by atoms with Crippen molar-refractivity contribution in [2.45, 2.75) is 18.9 Å². The van der Waals surface area contributed by atoms with Crippen molar-refractivity contribution in [3.8, 4) is 0 Å². The number of alkyl carbamates (subject to hydrolysis) is 1. The summed E-state index contributed by atoms with van der Waals surface area (Å²) < 4.78 is 5.19. The molecule has 1 aliphatic heterocycles. The lowest BCUT2D eigenvalue weighted by Gasteiger charge is -2.16. The largest absolute Gasteiger partial charge is 0.445 e. The van der Waals surface area contributed by atoms with E-state index < -0.39 is 0 Å². The fourth-order valence-corrected chi connectivity index (χ4v) is 4.93. The number of hydrogen-bond donors (Lipinski definition) is 1. The molecule has 0 saturated heterocycles. The Bertz CT molecular complexity index is 782. The van der Waals surface area contributed by atoms with Gasteiger partial charge in [0.25, 0.3) is 0 Å². The van der Waals surface area contributed by atoms with E-state index in [0.29, 0.717) is 13.2 Å². The molecular formula is C19H24N4O2S3. The molecule has 9 heteroatoms. The smallest absolute Gasteiger partial charge is 0.407 e. The fraction of sp³-hybridized carbons (Fsp3) is 0.421. The molecule has 1 N–H and O–H groups in total. The highest BCUT2D eigenvalue weighted by Gasteiger charge is 2.17. The molecule has 2 heterocycles. The molecule has 0 atom stereocenters. The number of nitrogens with one attached hydrogen (secondary N) is 1. The Morgan fingerprint density at radius 1 is 1.36 bits per heavy atom. The minimum atomic E-state index is -0.378. The van der Waals surface area contributed by atoms with Gasteiger partial charge in [0.15, 0.2) is 5.17 Å². The zero-order chi connectivity index (χ0) is 19.6. The van der Waals surface area contributed by atoms with E-state index in [1.807, 2.05) is 30.3 Å². The summed E-state index contributed by atoms with van der Waals surface area (Å²) in [5.74, 6) is 1.67. The van der Waals surface area contributed by atoms with Gasteiger partial charge in [-0.05, 0) is 11.8 Å². The molecule has 2 aromatic rings. The third-order valence-electron chi connectivity index (χ3n) is 3.97. The molecule has 28 heavy (non-hydrogen) atoms. The van der Waals surface area contributed by atoms with Crippen molar-refractivity contribution in [2.75, 3.05) is 31.6 Å². The van der Waals surface area contributed by atoms with Crippen LogP contribution in [-0.4, -0.2) is 52.8 Å². The summed E-state index contributed by atoms with van der Waals surface area (Å²) in [7, 11) is 0. The highest BCUT2D eigenvalue weighted by molar-refractivity contribution is 8.13. The SMILES string of the molecule is CSC1=NCCN1Cc1nc(CSCCNC(=O)OCc2ccccc2)cs1. The third kappa shape index (κ3) is 6.72. The van der Waals surface area contributed by atoms with E-state index in [4.69, 9.17) is 9.72 Å². The molecule has 1 amide bonds. The molecule has 0 spiro atoms. The molecule has 0 saturated carbocycles. The van der Waals surface area contributed by atoms with Crippen molar-refractivity contribution in [1.82, 2.24) is 15.2 Å². The lowest BCUT2D eigenvalue weighted by molar-refractivity contribution is 0.140. The molecule has 0 aliphatic carbocycles. The van der Waals surface area contributed by atoms with Crippen LogP contribution in [0.3, 0.4) is 0 Å². The van der Waals surface area contributed by atoms with Gasteiger partial charge in [-0.25, -0.2) is 9.78 Å². The standard InChI is InChI=1S/C19H24N4O2S3/c1-26-18-20-7-9-23(18)11-17-22-16(14-28-17)13-27-10-8-21-19(24)25-12-15-5-3-2-4-6-15/h2-6,14H,7-13H2,1H3,(H,21,24). The number of rotatable bonds is 9. The van der Waals surface area contributed by atoms with Crippen LogP contribution in [0.15, 0.2) is 40.7 Å². The number of thioether (sulfide) groups is 2. The van der Waals surface area contributed by atoms with Crippen LogP contribution in [0.4, 0.5) is 4.79 Å². The lowest BCUT2D eigenvalue weighted by atomic mass is 10.2. The van der Waals surface area contributed by atoms with Crippen LogP contribution in [0, 0.1) is 0 Å². The zero-order valence-corrected chi connectivity index (χ0v) is 18.2. The molecule has 0 bridgehead atoms. The van der Waals surface area contributed by atoms with Gasteiger partial charge in [-0.2, -0.15) is 11.8 Å². The van der Waals surface area contributed by atoms with Gasteiger partial charge in [-0.3, -0.25) is 4.99 Å². The maximum atomic E-state index is 11.7. The Morgan fingerprint density at radius 2 is 2.21 bits per heavy atom. The second-order valence-electron chi connectivity index (χ2n) is 6.06. The van der Waals surface area contributed by atoms with E-state index >= 15 is 0 Å². The van der Waals surface area contributed by atoms with Crippen LogP contribution in [0.2, 0.25) is 0 Å². The number of ether oxygens (including phenoxy) is 1. The van der Waals surface area contributed by atoms with Gasteiger partial charge in [0.05, 0.1) is 18.8 Å². The van der Waals surface area contributed by atoms with Crippen LogP contribution in [0.5, 0.6) is 0 Å². The average Bonchev–Trinajstić information content (AvgIpc) is 3.36. The first-order valence-electron chi connectivity index (χ1n) is 9.03. The van der Waals surface area contributed by atoms with E-state index in [9.17, 15) is 4.79 Å². The molecule has 6 nitrogen and oxygen atoms in total. The number of hydrogen-bond acceptors (Lipinski definition) is 8. The first-order chi connectivity index (χ1) is 13.7. The second-order valence-corrected chi connectivity index (χ2v) is 8.88. The number of amidine groups is 1. The quantitative estimate of drug-likeness (QED) is 0.603. The maximum Gasteiger partial charge on any atom is 0.407 e. The van der Waals surface area contributed by atoms with E-state index in [1.54, 1.807) is 34.9 Å². The summed E-state index contributed by atoms with van der Waals surface area (Å²) in [4.78, 5) is 23.2. The van der Waals surface area contributed by atoms with E-state index in [-0.39, 0.29) is 6.09 Å². The number of aromatic nitrogens is 1. The molecule has 1 aromatic heterocycles. The van der Waals surface area contributed by atoms with Gasteiger partial charge in [0.1, 0.15) is 11.6 Å². The van der Waals surface area contributed by atoms with Gasteiger partial charge in [0.2, 0.25) is 0 Å². The first kappa shape index (κ1) is 21.0. The number of nitrogens with zero attached hydrogens (tertiary/aromatic N) is 3. The highest BCUT2D eigenvalue weighted by atomic mass is 32.2.